The van der Waals surface area contributed by atoms with Crippen molar-refractivity contribution < 1.29 is 25.2 Å². The number of nitrogens with zero attached hydrogens (tertiary/aromatic N) is 4. The first-order valence-electron chi connectivity index (χ1n) is 22.3. The summed E-state index contributed by atoms with van der Waals surface area (Å²) >= 11 is 0. The molecule has 8 aromatic rings. The largest absolute Gasteiger partial charge is 0.325 e. The molecule has 302 valence electrons. The molecule has 5 heterocycles. The molecule has 1 saturated heterocycles. The van der Waals surface area contributed by atoms with Crippen LogP contribution in [0.1, 0.15) is 90.2 Å². The van der Waals surface area contributed by atoms with Gasteiger partial charge in [-0.2, -0.15) is 24.3 Å². The molecule has 2 aromatic heterocycles. The monoisotopic (exact) mass is 965 g/mol. The average Bonchev–Trinajstić information content (AvgIpc) is 3.90. The van der Waals surface area contributed by atoms with E-state index in [4.69, 9.17) is 9.10 Å². The van der Waals surface area contributed by atoms with Crippen LogP contribution in [0.3, 0.4) is 0 Å². The zero-order valence-corrected chi connectivity index (χ0v) is 37.8. The summed E-state index contributed by atoms with van der Waals surface area (Å²) < 4.78 is 29.0. The van der Waals surface area contributed by atoms with E-state index in [1.807, 2.05) is 12.9 Å². The van der Waals surface area contributed by atoms with Crippen molar-refractivity contribution in [3.8, 4) is 16.9 Å². The summed E-state index contributed by atoms with van der Waals surface area (Å²) in [5.74, 6) is 0.861. The Labute approximate surface area is 373 Å². The molecule has 0 N–H and O–H groups in total. The van der Waals surface area contributed by atoms with Crippen LogP contribution in [0.4, 0.5) is 17.1 Å². The standard InChI is InChI=1S/C55H51N4.Pt/c1-35-26-50-51(27-36(35)2)59(33-58(50,9)34-59)41-29-39(54(6,7)8)28-40(30-41)55(46-19-13-10-16-42(46)43-17-11-14-20-47(43)55)38-22-23-45-44-18-12-15-21-48(44)57(49(45)31-38)52-32-37(24-25-56-52)53(3,4)5;/h10-29,32-33H,34H2,1-9H3;/q-1;/t58-,59+;/m0./s1/i9D3;. The summed E-state index contributed by atoms with van der Waals surface area (Å²) in [6.07, 6.45) is 1.93. The Kier molecular flexibility index (Phi) is 7.68. The van der Waals surface area contributed by atoms with Crippen LogP contribution in [-0.2, 0) is 37.3 Å². The van der Waals surface area contributed by atoms with Crippen molar-refractivity contribution in [3.63, 3.8) is 0 Å². The number of rotatable bonds is 4. The molecule has 4 nitrogen and oxygen atoms in total. The fraction of sp³-hybridized carbons (Fsp3) is 0.236. The SMILES string of the molecule is [2H]C([2H])([2H])[N@+]12[CH-][N@+](c3[c-]c(C4(c5[c-]c6c(cc5)c5ccccc5n6-c5cc(C(C)(C)C)ccn5)c5ccccc5-c5ccccc54)cc(C(C)(C)C)c3)(C1)c1cc(C)c(C)cc12.[Pt]. The first kappa shape index (κ1) is 35.6. The van der Waals surface area contributed by atoms with Gasteiger partial charge in [0, 0.05) is 56.0 Å². The molecule has 0 amide bonds. The Hall–Kier alpha value is -5.12. The second kappa shape index (κ2) is 12.9. The summed E-state index contributed by atoms with van der Waals surface area (Å²) in [5.41, 5.74) is 15.1. The van der Waals surface area contributed by atoms with Gasteiger partial charge in [-0.3, -0.25) is 0 Å². The molecular weight excluding hydrogens is 912 g/mol. The van der Waals surface area contributed by atoms with Crippen LogP contribution in [0.5, 0.6) is 0 Å². The van der Waals surface area contributed by atoms with Crippen LogP contribution in [0.2, 0.25) is 0 Å². The molecule has 6 aromatic carbocycles. The molecule has 5 heteroatoms. The van der Waals surface area contributed by atoms with E-state index in [0.29, 0.717) is 11.2 Å². The van der Waals surface area contributed by atoms with Gasteiger partial charge in [0.1, 0.15) is 5.82 Å². The number of aromatic nitrogens is 2. The summed E-state index contributed by atoms with van der Waals surface area (Å²) in [6.45, 7) is 17.9. The van der Waals surface area contributed by atoms with Gasteiger partial charge in [0.15, 0.2) is 18.0 Å². The molecular formula is C55H51N4Pt-. The van der Waals surface area contributed by atoms with Crippen LogP contribution < -0.4 is 8.97 Å². The van der Waals surface area contributed by atoms with Crippen LogP contribution in [0.25, 0.3) is 38.8 Å². The summed E-state index contributed by atoms with van der Waals surface area (Å²) in [5, 5.41) is 2.26. The Morgan fingerprint density at radius 2 is 1.32 bits per heavy atom. The third-order valence-corrected chi connectivity index (χ3v) is 13.6. The maximum absolute atomic E-state index is 8.86. The van der Waals surface area contributed by atoms with Crippen molar-refractivity contribution in [3.05, 3.63) is 191 Å². The number of fused-ring (bicyclic) bond motifs is 6. The summed E-state index contributed by atoms with van der Waals surface area (Å²) in [6, 6.07) is 52.4. The van der Waals surface area contributed by atoms with Gasteiger partial charge in [-0.15, -0.1) is 34.2 Å². The molecule has 2 atom stereocenters. The number of pyridine rings is 1. The molecule has 0 saturated carbocycles. The van der Waals surface area contributed by atoms with Gasteiger partial charge < -0.3 is 13.5 Å². The number of para-hydroxylation sites is 1. The minimum absolute atomic E-state index is 0. The average molecular weight is 966 g/mol. The Morgan fingerprint density at radius 1 is 0.683 bits per heavy atom. The summed E-state index contributed by atoms with van der Waals surface area (Å²) in [7, 11) is 0. The third-order valence-electron chi connectivity index (χ3n) is 13.6. The van der Waals surface area contributed by atoms with Crippen LogP contribution in [-0.4, -0.2) is 23.2 Å². The minimum Gasteiger partial charge on any atom is -0.325 e. The Balaban J connectivity index is 0.00000471. The summed E-state index contributed by atoms with van der Waals surface area (Å²) in [4.78, 5) is 5.02. The second-order valence-corrected chi connectivity index (χ2v) is 19.3. The van der Waals surface area contributed by atoms with Gasteiger partial charge in [0.05, 0.1) is 17.8 Å². The number of hydrogen-bond acceptors (Lipinski definition) is 1. The molecule has 60 heavy (non-hydrogen) atoms. The minimum atomic E-state index is -2.26. The van der Waals surface area contributed by atoms with Crippen LogP contribution in [0.15, 0.2) is 128 Å². The van der Waals surface area contributed by atoms with Gasteiger partial charge in [0.25, 0.3) is 0 Å². The van der Waals surface area contributed by atoms with E-state index >= 15 is 0 Å². The van der Waals surface area contributed by atoms with Crippen molar-refractivity contribution in [2.24, 2.45) is 0 Å². The van der Waals surface area contributed by atoms with E-state index in [9.17, 15) is 0 Å². The van der Waals surface area contributed by atoms with Gasteiger partial charge >= 0.3 is 0 Å². The molecule has 1 aliphatic carbocycles. The predicted octanol–water partition coefficient (Wildman–Crippen LogP) is 13.0. The zero-order chi connectivity index (χ0) is 43.4. The van der Waals surface area contributed by atoms with Crippen molar-refractivity contribution in [1.29, 1.82) is 0 Å². The molecule has 2 bridgehead atoms. The fourth-order valence-electron chi connectivity index (χ4n) is 10.4. The predicted molar refractivity (Wildman–Crippen MR) is 245 cm³/mol. The van der Waals surface area contributed by atoms with E-state index in [-0.39, 0.29) is 36.4 Å². The van der Waals surface area contributed by atoms with E-state index in [1.54, 1.807) is 0 Å². The van der Waals surface area contributed by atoms with Crippen LogP contribution >= 0.6 is 0 Å². The van der Waals surface area contributed by atoms with Gasteiger partial charge in [0.2, 0.25) is 0 Å². The smallest absolute Gasteiger partial charge is 0.179 e. The number of quaternary nitrogens is 2. The fourth-order valence-corrected chi connectivity index (χ4v) is 10.4. The Morgan fingerprint density at radius 3 is 1.98 bits per heavy atom. The van der Waals surface area contributed by atoms with Crippen molar-refractivity contribution in [2.75, 3.05) is 13.6 Å². The molecule has 4 aliphatic rings. The van der Waals surface area contributed by atoms with E-state index in [2.05, 4.69) is 193 Å². The first-order valence-corrected chi connectivity index (χ1v) is 20.8. The maximum Gasteiger partial charge on any atom is 0.179 e. The van der Waals surface area contributed by atoms with Crippen molar-refractivity contribution in [1.82, 2.24) is 18.5 Å². The number of hydrogen-bond donors (Lipinski definition) is 0. The number of benzene rings is 6. The van der Waals surface area contributed by atoms with E-state index in [0.717, 1.165) is 72.5 Å². The molecule has 1 fully saturated rings. The molecule has 0 radical (unpaired) electrons. The van der Waals surface area contributed by atoms with E-state index < -0.39 is 12.4 Å². The van der Waals surface area contributed by atoms with Crippen LogP contribution in [0, 0.1) is 32.6 Å². The van der Waals surface area contributed by atoms with Gasteiger partial charge in [-0.05, 0) is 87.2 Å². The number of aryl methyl sites for hydroxylation is 2. The molecule has 0 unspecified atom stereocenters. The molecule has 3 aliphatic heterocycles. The quantitative estimate of drug-likeness (QED) is 0.127. The van der Waals surface area contributed by atoms with Gasteiger partial charge in [-0.1, -0.05) is 114 Å². The Bertz CT molecular complexity index is 3150. The normalized spacial score (nSPS) is 20.7. The molecule has 12 rings (SSSR count). The third kappa shape index (κ3) is 5.24. The zero-order valence-electron chi connectivity index (χ0n) is 38.5. The maximum atomic E-state index is 8.86. The van der Waals surface area contributed by atoms with E-state index in [1.165, 1.54) is 27.8 Å². The first-order chi connectivity index (χ1) is 29.4. The van der Waals surface area contributed by atoms with Gasteiger partial charge in [-0.25, -0.2) is 4.98 Å². The van der Waals surface area contributed by atoms with Crippen molar-refractivity contribution >= 4 is 38.9 Å². The second-order valence-electron chi connectivity index (χ2n) is 19.3. The van der Waals surface area contributed by atoms with Crippen molar-refractivity contribution in [2.45, 2.75) is 71.6 Å². The molecule has 0 spiro atoms. The topological polar surface area (TPSA) is 17.8 Å².